The number of nitrogens with two attached hydrogens (primary N) is 1. The van der Waals surface area contributed by atoms with Crippen molar-refractivity contribution in [1.29, 1.82) is 0 Å². The molecule has 0 spiro atoms. The minimum absolute atomic E-state index is 0.0909. The number of nitrogens with zero attached hydrogens (tertiary/aromatic N) is 1. The fourth-order valence-electron chi connectivity index (χ4n) is 2.81. The Hall–Kier alpha value is -0.870. The maximum absolute atomic E-state index is 6.27. The highest BCUT2D eigenvalue weighted by Gasteiger charge is 2.48. The van der Waals surface area contributed by atoms with Crippen molar-refractivity contribution in [3.05, 3.63) is 18.2 Å². The predicted molar refractivity (Wildman–Crippen MR) is 62.9 cm³/mol. The molecule has 1 fully saturated rings. The molecule has 0 aliphatic carbocycles. The van der Waals surface area contributed by atoms with Gasteiger partial charge in [-0.3, -0.25) is 0 Å². The van der Waals surface area contributed by atoms with Gasteiger partial charge in [-0.15, -0.1) is 0 Å². The summed E-state index contributed by atoms with van der Waals surface area (Å²) in [6.07, 6.45) is 4.51. The first-order chi connectivity index (χ1) is 7.32. The molecule has 2 unspecified atom stereocenters. The van der Waals surface area contributed by atoms with Gasteiger partial charge in [0.05, 0.1) is 17.2 Å². The fourth-order valence-corrected chi connectivity index (χ4v) is 2.81. The van der Waals surface area contributed by atoms with Crippen molar-refractivity contribution in [2.75, 3.05) is 0 Å². The molecule has 3 N–H and O–H groups in total. The summed E-state index contributed by atoms with van der Waals surface area (Å²) in [4.78, 5) is 7.33. The number of imidazole rings is 1. The molecule has 1 saturated heterocycles. The van der Waals surface area contributed by atoms with Gasteiger partial charge in [0.1, 0.15) is 5.82 Å². The zero-order chi connectivity index (χ0) is 12.0. The molecular formula is C12H21N3O. The largest absolute Gasteiger partial charge is 0.369 e. The number of rotatable bonds is 2. The molecule has 1 aliphatic rings. The second-order valence-corrected chi connectivity index (χ2v) is 5.78. The molecule has 0 amide bonds. The molecule has 0 aromatic carbocycles. The first kappa shape index (κ1) is 11.6. The number of H-pyrrole nitrogens is 1. The van der Waals surface area contributed by atoms with E-state index in [4.69, 9.17) is 10.5 Å². The van der Waals surface area contributed by atoms with E-state index in [1.165, 1.54) is 0 Å². The average Bonchev–Trinajstić information content (AvgIpc) is 2.69. The fraction of sp³-hybridized carbons (Fsp3) is 0.750. The summed E-state index contributed by atoms with van der Waals surface area (Å²) in [5, 5.41) is 0. The Bertz CT molecular complexity index is 356. The van der Waals surface area contributed by atoms with Crippen LogP contribution in [0.4, 0.5) is 0 Å². The van der Waals surface area contributed by atoms with Crippen LogP contribution in [-0.2, 0) is 4.74 Å². The molecule has 1 aromatic heterocycles. The maximum atomic E-state index is 6.27. The van der Waals surface area contributed by atoms with Crippen molar-refractivity contribution < 1.29 is 4.74 Å². The summed E-state index contributed by atoms with van der Waals surface area (Å²) >= 11 is 0. The Morgan fingerprint density at radius 2 is 2.19 bits per heavy atom. The minimum atomic E-state index is -0.199. The van der Waals surface area contributed by atoms with E-state index in [1.807, 2.05) is 6.20 Å². The molecule has 0 saturated carbocycles. The number of hydrogen-bond acceptors (Lipinski definition) is 3. The Morgan fingerprint density at radius 1 is 1.50 bits per heavy atom. The normalized spacial score (nSPS) is 29.2. The van der Waals surface area contributed by atoms with Crippen LogP contribution in [0.15, 0.2) is 12.4 Å². The molecule has 2 rings (SSSR count). The summed E-state index contributed by atoms with van der Waals surface area (Å²) in [7, 11) is 0. The molecule has 4 heteroatoms. The van der Waals surface area contributed by atoms with Gasteiger partial charge < -0.3 is 15.5 Å². The van der Waals surface area contributed by atoms with Crippen LogP contribution < -0.4 is 5.73 Å². The lowest BCUT2D eigenvalue weighted by atomic mass is 9.82. The minimum Gasteiger partial charge on any atom is -0.369 e. The zero-order valence-corrected chi connectivity index (χ0v) is 10.4. The smallest absolute Gasteiger partial charge is 0.123 e. The molecule has 90 valence electrons. The number of aromatic amines is 1. The third-order valence-corrected chi connectivity index (χ3v) is 3.41. The Kier molecular flexibility index (Phi) is 2.59. The monoisotopic (exact) mass is 223 g/mol. The van der Waals surface area contributed by atoms with E-state index in [2.05, 4.69) is 37.7 Å². The Morgan fingerprint density at radius 3 is 2.62 bits per heavy atom. The molecule has 1 aliphatic heterocycles. The second kappa shape index (κ2) is 3.57. The number of aromatic nitrogens is 2. The van der Waals surface area contributed by atoms with E-state index in [1.54, 1.807) is 6.20 Å². The first-order valence-electron chi connectivity index (χ1n) is 5.77. The van der Waals surface area contributed by atoms with Crippen LogP contribution in [0.2, 0.25) is 0 Å². The standard InChI is InChI=1S/C12H21N3O/c1-11(2)7-8(12(3,4)16-11)9(13)10-14-5-6-15-10/h5-6,8-9H,7,13H2,1-4H3,(H,14,15). The zero-order valence-electron chi connectivity index (χ0n) is 10.4. The van der Waals surface area contributed by atoms with Crippen LogP contribution >= 0.6 is 0 Å². The van der Waals surface area contributed by atoms with Crippen molar-refractivity contribution in [2.45, 2.75) is 51.4 Å². The SMILES string of the molecule is CC1(C)CC(C(N)c2ncc[nH]2)C(C)(C)O1. The van der Waals surface area contributed by atoms with Gasteiger partial charge in [-0.25, -0.2) is 4.98 Å². The van der Waals surface area contributed by atoms with Gasteiger partial charge in [0.25, 0.3) is 0 Å². The number of ether oxygens (including phenoxy) is 1. The van der Waals surface area contributed by atoms with E-state index in [9.17, 15) is 0 Å². The van der Waals surface area contributed by atoms with Crippen LogP contribution in [0.5, 0.6) is 0 Å². The summed E-state index contributed by atoms with van der Waals surface area (Å²) in [5.74, 6) is 1.13. The lowest BCUT2D eigenvalue weighted by molar-refractivity contribution is -0.0769. The third kappa shape index (κ3) is 1.99. The van der Waals surface area contributed by atoms with Crippen molar-refractivity contribution in [2.24, 2.45) is 11.7 Å². The summed E-state index contributed by atoms with van der Waals surface area (Å²) in [6, 6.07) is -0.0909. The van der Waals surface area contributed by atoms with Crippen LogP contribution in [0, 0.1) is 5.92 Å². The maximum Gasteiger partial charge on any atom is 0.123 e. The quantitative estimate of drug-likeness (QED) is 0.806. The van der Waals surface area contributed by atoms with Gasteiger partial charge in [-0.05, 0) is 34.1 Å². The van der Waals surface area contributed by atoms with Crippen LogP contribution in [0.1, 0.15) is 46.0 Å². The molecule has 16 heavy (non-hydrogen) atoms. The Labute approximate surface area is 96.6 Å². The van der Waals surface area contributed by atoms with E-state index in [-0.39, 0.29) is 23.2 Å². The third-order valence-electron chi connectivity index (χ3n) is 3.41. The summed E-state index contributed by atoms with van der Waals surface area (Å²) in [6.45, 7) is 8.44. The van der Waals surface area contributed by atoms with E-state index in [0.717, 1.165) is 12.2 Å². The van der Waals surface area contributed by atoms with Crippen molar-refractivity contribution in [1.82, 2.24) is 9.97 Å². The van der Waals surface area contributed by atoms with E-state index in [0.29, 0.717) is 0 Å². The number of hydrogen-bond donors (Lipinski definition) is 2. The molecule has 2 heterocycles. The predicted octanol–water partition coefficient (Wildman–Crippen LogP) is 2.00. The topological polar surface area (TPSA) is 63.9 Å². The lowest BCUT2D eigenvalue weighted by Gasteiger charge is -2.30. The van der Waals surface area contributed by atoms with Gasteiger partial charge in [0.2, 0.25) is 0 Å². The Balaban J connectivity index is 2.22. The molecule has 4 nitrogen and oxygen atoms in total. The molecule has 1 aromatic rings. The molecule has 2 atom stereocenters. The van der Waals surface area contributed by atoms with Gasteiger partial charge in [-0.2, -0.15) is 0 Å². The number of nitrogens with one attached hydrogen (secondary N) is 1. The van der Waals surface area contributed by atoms with Crippen LogP contribution in [0.3, 0.4) is 0 Å². The highest BCUT2D eigenvalue weighted by molar-refractivity contribution is 5.05. The van der Waals surface area contributed by atoms with Crippen molar-refractivity contribution >= 4 is 0 Å². The first-order valence-corrected chi connectivity index (χ1v) is 5.77. The van der Waals surface area contributed by atoms with E-state index < -0.39 is 0 Å². The van der Waals surface area contributed by atoms with E-state index >= 15 is 0 Å². The van der Waals surface area contributed by atoms with Crippen LogP contribution in [0.25, 0.3) is 0 Å². The molecule has 0 radical (unpaired) electrons. The summed E-state index contributed by atoms with van der Waals surface area (Å²) < 4.78 is 6.05. The van der Waals surface area contributed by atoms with Crippen molar-refractivity contribution in [3.8, 4) is 0 Å². The second-order valence-electron chi connectivity index (χ2n) is 5.78. The highest BCUT2D eigenvalue weighted by atomic mass is 16.5. The summed E-state index contributed by atoms with van der Waals surface area (Å²) in [5.41, 5.74) is 5.97. The van der Waals surface area contributed by atoms with Gasteiger partial charge in [-0.1, -0.05) is 0 Å². The van der Waals surface area contributed by atoms with Gasteiger partial charge >= 0.3 is 0 Å². The molecular weight excluding hydrogens is 202 g/mol. The van der Waals surface area contributed by atoms with Gasteiger partial charge in [0, 0.05) is 18.3 Å². The lowest BCUT2D eigenvalue weighted by Crippen LogP contribution is -2.36. The average molecular weight is 223 g/mol. The van der Waals surface area contributed by atoms with Gasteiger partial charge in [0.15, 0.2) is 0 Å². The highest BCUT2D eigenvalue weighted by Crippen LogP contribution is 2.46. The van der Waals surface area contributed by atoms with Crippen LogP contribution in [-0.4, -0.2) is 21.2 Å². The molecule has 0 bridgehead atoms. The van der Waals surface area contributed by atoms with Crippen molar-refractivity contribution in [3.63, 3.8) is 0 Å².